The monoisotopic (exact) mass is 242 g/mol. The zero-order valence-electron chi connectivity index (χ0n) is 11.4. The van der Waals surface area contributed by atoms with Crippen LogP contribution in [0.15, 0.2) is 0 Å². The Balaban J connectivity index is 2.42. The Morgan fingerprint density at radius 3 is 2.71 bits per heavy atom. The number of amides is 1. The van der Waals surface area contributed by atoms with Crippen molar-refractivity contribution in [3.63, 3.8) is 0 Å². The van der Waals surface area contributed by atoms with Gasteiger partial charge in [-0.2, -0.15) is 0 Å². The SMILES string of the molecule is CC(C)(C)OC(=O)N1CCC[C@H]1CCCCN. The second kappa shape index (κ2) is 6.24. The highest BCUT2D eigenvalue weighted by atomic mass is 16.6. The zero-order valence-corrected chi connectivity index (χ0v) is 11.4. The van der Waals surface area contributed by atoms with Crippen LogP contribution in [0.1, 0.15) is 52.9 Å². The van der Waals surface area contributed by atoms with Crippen molar-refractivity contribution < 1.29 is 9.53 Å². The fourth-order valence-electron chi connectivity index (χ4n) is 2.22. The molecule has 4 nitrogen and oxygen atoms in total. The van der Waals surface area contributed by atoms with Crippen molar-refractivity contribution in [1.29, 1.82) is 0 Å². The highest BCUT2D eigenvalue weighted by Crippen LogP contribution is 2.24. The summed E-state index contributed by atoms with van der Waals surface area (Å²) in [6.45, 7) is 7.29. The minimum Gasteiger partial charge on any atom is -0.444 e. The molecular weight excluding hydrogens is 216 g/mol. The molecule has 1 saturated heterocycles. The zero-order chi connectivity index (χ0) is 12.9. The molecule has 0 spiro atoms. The molecule has 1 aliphatic heterocycles. The molecule has 0 aromatic heterocycles. The predicted octanol–water partition coefficient (Wildman–Crippen LogP) is 2.51. The largest absolute Gasteiger partial charge is 0.444 e. The number of nitrogens with two attached hydrogens (primary N) is 1. The van der Waals surface area contributed by atoms with Crippen molar-refractivity contribution in [2.75, 3.05) is 13.1 Å². The summed E-state index contributed by atoms with van der Waals surface area (Å²) in [6, 6.07) is 0.358. The van der Waals surface area contributed by atoms with Crippen LogP contribution < -0.4 is 5.73 Å². The number of ether oxygens (including phenoxy) is 1. The lowest BCUT2D eigenvalue weighted by molar-refractivity contribution is 0.0219. The predicted molar refractivity (Wildman–Crippen MR) is 68.9 cm³/mol. The fraction of sp³-hybridized carbons (Fsp3) is 0.923. The van der Waals surface area contributed by atoms with Crippen molar-refractivity contribution in [3.8, 4) is 0 Å². The van der Waals surface area contributed by atoms with E-state index in [0.29, 0.717) is 6.04 Å². The summed E-state index contributed by atoms with van der Waals surface area (Å²) in [6.07, 6.45) is 5.22. The van der Waals surface area contributed by atoms with E-state index in [1.807, 2.05) is 25.7 Å². The first kappa shape index (κ1) is 14.3. The lowest BCUT2D eigenvalue weighted by atomic mass is 10.1. The smallest absolute Gasteiger partial charge is 0.410 e. The molecule has 0 radical (unpaired) electrons. The fourth-order valence-corrected chi connectivity index (χ4v) is 2.22. The van der Waals surface area contributed by atoms with E-state index in [0.717, 1.165) is 45.2 Å². The number of carbonyl (C=O) groups excluding carboxylic acids is 1. The Morgan fingerprint density at radius 1 is 1.41 bits per heavy atom. The summed E-state index contributed by atoms with van der Waals surface area (Å²) >= 11 is 0. The van der Waals surface area contributed by atoms with E-state index in [1.165, 1.54) is 0 Å². The minimum absolute atomic E-state index is 0.159. The average Bonchev–Trinajstić information content (AvgIpc) is 2.64. The van der Waals surface area contributed by atoms with Crippen molar-refractivity contribution >= 4 is 6.09 Å². The number of rotatable bonds is 4. The summed E-state index contributed by atoms with van der Waals surface area (Å²) in [5.74, 6) is 0. The minimum atomic E-state index is -0.401. The van der Waals surface area contributed by atoms with E-state index in [4.69, 9.17) is 10.5 Å². The van der Waals surface area contributed by atoms with Gasteiger partial charge in [0.05, 0.1) is 0 Å². The van der Waals surface area contributed by atoms with Gasteiger partial charge in [0.1, 0.15) is 5.60 Å². The van der Waals surface area contributed by atoms with Crippen molar-refractivity contribution in [3.05, 3.63) is 0 Å². The summed E-state index contributed by atoms with van der Waals surface area (Å²) in [4.78, 5) is 13.9. The standard InChI is InChI=1S/C13H26N2O2/c1-13(2,3)17-12(16)15-10-6-8-11(15)7-4-5-9-14/h11H,4-10,14H2,1-3H3/t11-/m1/s1. The second-order valence-electron chi connectivity index (χ2n) is 5.75. The molecule has 17 heavy (non-hydrogen) atoms. The summed E-state index contributed by atoms with van der Waals surface area (Å²) in [7, 11) is 0. The normalized spacial score (nSPS) is 20.7. The number of hydrogen-bond donors (Lipinski definition) is 1. The van der Waals surface area contributed by atoms with E-state index in [1.54, 1.807) is 0 Å². The molecule has 1 rings (SSSR count). The van der Waals surface area contributed by atoms with Crippen LogP contribution in [-0.2, 0) is 4.74 Å². The van der Waals surface area contributed by atoms with Gasteiger partial charge in [-0.05, 0) is 53.0 Å². The number of likely N-dealkylation sites (tertiary alicyclic amines) is 1. The highest BCUT2D eigenvalue weighted by Gasteiger charge is 2.31. The molecule has 0 bridgehead atoms. The molecule has 0 unspecified atom stereocenters. The molecule has 1 fully saturated rings. The first-order chi connectivity index (χ1) is 7.94. The van der Waals surface area contributed by atoms with E-state index in [9.17, 15) is 4.79 Å². The van der Waals surface area contributed by atoms with Crippen molar-refractivity contribution in [1.82, 2.24) is 4.90 Å². The third kappa shape index (κ3) is 4.94. The topological polar surface area (TPSA) is 55.6 Å². The van der Waals surface area contributed by atoms with Gasteiger partial charge >= 0.3 is 6.09 Å². The first-order valence-electron chi connectivity index (χ1n) is 6.64. The third-order valence-electron chi connectivity index (χ3n) is 3.00. The molecule has 1 atom stereocenters. The van der Waals surface area contributed by atoms with E-state index < -0.39 is 5.60 Å². The van der Waals surface area contributed by atoms with Crippen LogP contribution >= 0.6 is 0 Å². The summed E-state index contributed by atoms with van der Waals surface area (Å²) in [5, 5.41) is 0. The van der Waals surface area contributed by atoms with Gasteiger partial charge in [0.15, 0.2) is 0 Å². The van der Waals surface area contributed by atoms with Gasteiger partial charge in [-0.3, -0.25) is 0 Å². The lowest BCUT2D eigenvalue weighted by Crippen LogP contribution is -2.39. The van der Waals surface area contributed by atoms with Crippen LogP contribution in [0.5, 0.6) is 0 Å². The molecule has 4 heteroatoms. The molecule has 1 aliphatic rings. The van der Waals surface area contributed by atoms with E-state index in [-0.39, 0.29) is 6.09 Å². The average molecular weight is 242 g/mol. The highest BCUT2D eigenvalue weighted by molar-refractivity contribution is 5.68. The van der Waals surface area contributed by atoms with Crippen LogP contribution in [0.3, 0.4) is 0 Å². The quantitative estimate of drug-likeness (QED) is 0.771. The van der Waals surface area contributed by atoms with Crippen molar-refractivity contribution in [2.24, 2.45) is 5.73 Å². The van der Waals surface area contributed by atoms with Gasteiger partial charge in [0.2, 0.25) is 0 Å². The van der Waals surface area contributed by atoms with Gasteiger partial charge in [-0.25, -0.2) is 4.79 Å². The van der Waals surface area contributed by atoms with E-state index in [2.05, 4.69) is 0 Å². The number of unbranched alkanes of at least 4 members (excludes halogenated alkanes) is 1. The molecule has 100 valence electrons. The molecule has 1 heterocycles. The number of hydrogen-bond acceptors (Lipinski definition) is 3. The maximum atomic E-state index is 12.0. The molecule has 0 aliphatic carbocycles. The maximum absolute atomic E-state index is 12.0. The third-order valence-corrected chi connectivity index (χ3v) is 3.00. The molecule has 0 aromatic carbocycles. The summed E-state index contributed by atoms with van der Waals surface area (Å²) < 4.78 is 5.42. The van der Waals surface area contributed by atoms with Gasteiger partial charge in [-0.1, -0.05) is 6.42 Å². The van der Waals surface area contributed by atoms with Crippen LogP contribution in [0, 0.1) is 0 Å². The van der Waals surface area contributed by atoms with E-state index >= 15 is 0 Å². The molecule has 0 aromatic rings. The number of nitrogens with zero attached hydrogens (tertiary/aromatic N) is 1. The van der Waals surface area contributed by atoms with Gasteiger partial charge in [0, 0.05) is 12.6 Å². The van der Waals surface area contributed by atoms with Crippen LogP contribution in [0.2, 0.25) is 0 Å². The molecule has 1 amide bonds. The molecule has 0 saturated carbocycles. The van der Waals surface area contributed by atoms with Crippen LogP contribution in [0.25, 0.3) is 0 Å². The Kier molecular flexibility index (Phi) is 5.25. The lowest BCUT2D eigenvalue weighted by Gasteiger charge is -2.28. The summed E-state index contributed by atoms with van der Waals surface area (Å²) in [5.41, 5.74) is 5.08. The Bertz CT molecular complexity index is 248. The number of carbonyl (C=O) groups is 1. The Morgan fingerprint density at radius 2 is 2.12 bits per heavy atom. The second-order valence-corrected chi connectivity index (χ2v) is 5.75. The Hall–Kier alpha value is -0.770. The van der Waals surface area contributed by atoms with Crippen LogP contribution in [-0.4, -0.2) is 35.7 Å². The van der Waals surface area contributed by atoms with Gasteiger partial charge < -0.3 is 15.4 Å². The van der Waals surface area contributed by atoms with Crippen molar-refractivity contribution in [2.45, 2.75) is 64.5 Å². The van der Waals surface area contributed by atoms with Gasteiger partial charge in [-0.15, -0.1) is 0 Å². The molecule has 2 N–H and O–H groups in total. The molecular formula is C13H26N2O2. The maximum Gasteiger partial charge on any atom is 0.410 e. The Labute approximate surface area is 104 Å². The van der Waals surface area contributed by atoms with Gasteiger partial charge in [0.25, 0.3) is 0 Å². The van der Waals surface area contributed by atoms with Crippen LogP contribution in [0.4, 0.5) is 4.79 Å². The first-order valence-corrected chi connectivity index (χ1v) is 6.64.